The van der Waals surface area contributed by atoms with E-state index in [1.807, 2.05) is 66.7 Å². The van der Waals surface area contributed by atoms with E-state index < -0.39 is 0 Å². The molecule has 3 aromatic carbocycles. The summed E-state index contributed by atoms with van der Waals surface area (Å²) in [6.45, 7) is 1.97. The van der Waals surface area contributed by atoms with Crippen molar-refractivity contribution in [3.05, 3.63) is 101 Å². The third kappa shape index (κ3) is 4.12. The van der Waals surface area contributed by atoms with Crippen molar-refractivity contribution >= 4 is 11.0 Å². The second kappa shape index (κ2) is 8.78. The summed E-state index contributed by atoms with van der Waals surface area (Å²) in [5, 5.41) is 0.486. The molecule has 31 heavy (non-hydrogen) atoms. The predicted octanol–water partition coefficient (Wildman–Crippen LogP) is 6.02. The Morgan fingerprint density at radius 3 is 2.26 bits per heavy atom. The summed E-state index contributed by atoms with van der Waals surface area (Å²) in [5.41, 5.74) is 2.41. The number of fused-ring (bicyclic) bond motifs is 1. The van der Waals surface area contributed by atoms with Gasteiger partial charge in [0.15, 0.2) is 11.7 Å². The molecule has 1 aliphatic heterocycles. The van der Waals surface area contributed by atoms with Gasteiger partial charge in [-0.2, -0.15) is 0 Å². The Balaban J connectivity index is 1.56. The number of rotatable bonds is 5. The Hall–Kier alpha value is -3.37. The van der Waals surface area contributed by atoms with E-state index in [-0.39, 0.29) is 11.7 Å². The average molecular weight is 412 g/mol. The van der Waals surface area contributed by atoms with Crippen molar-refractivity contribution in [2.24, 2.45) is 0 Å². The van der Waals surface area contributed by atoms with E-state index >= 15 is 0 Å². The van der Waals surface area contributed by atoms with Crippen LogP contribution in [0.1, 0.15) is 31.1 Å². The lowest BCUT2D eigenvalue weighted by Crippen LogP contribution is -2.36. The SMILES string of the molecule is O=c1cc(-c2ccccc2)oc2cccc(OC(c3ccccc3)N3CCCCC3)c12. The van der Waals surface area contributed by atoms with Gasteiger partial charge in [0.1, 0.15) is 22.5 Å². The second-order valence-corrected chi connectivity index (χ2v) is 7.95. The summed E-state index contributed by atoms with van der Waals surface area (Å²) >= 11 is 0. The first kappa shape index (κ1) is 19.6. The van der Waals surface area contributed by atoms with Crippen molar-refractivity contribution < 1.29 is 9.15 Å². The maximum Gasteiger partial charge on any atom is 0.197 e. The number of piperidine rings is 1. The molecule has 2 heterocycles. The van der Waals surface area contributed by atoms with Crippen LogP contribution in [0.5, 0.6) is 5.75 Å². The number of ether oxygens (including phenoxy) is 1. The Bertz CT molecular complexity index is 1210. The summed E-state index contributed by atoms with van der Waals surface area (Å²) in [7, 11) is 0. The highest BCUT2D eigenvalue weighted by Crippen LogP contribution is 2.32. The molecular weight excluding hydrogens is 386 g/mol. The van der Waals surface area contributed by atoms with E-state index in [0.29, 0.717) is 22.5 Å². The largest absolute Gasteiger partial charge is 0.470 e. The molecule has 4 heteroatoms. The van der Waals surface area contributed by atoms with Crippen molar-refractivity contribution in [2.45, 2.75) is 25.5 Å². The van der Waals surface area contributed by atoms with Gasteiger partial charge in [-0.3, -0.25) is 9.69 Å². The zero-order valence-corrected chi connectivity index (χ0v) is 17.4. The third-order valence-electron chi connectivity index (χ3n) is 5.82. The Labute approximate surface area is 181 Å². The van der Waals surface area contributed by atoms with Gasteiger partial charge in [-0.1, -0.05) is 73.2 Å². The fourth-order valence-electron chi connectivity index (χ4n) is 4.27. The van der Waals surface area contributed by atoms with E-state index in [1.165, 1.54) is 6.42 Å². The molecule has 156 valence electrons. The zero-order chi connectivity index (χ0) is 21.0. The fourth-order valence-corrected chi connectivity index (χ4v) is 4.27. The number of nitrogens with zero attached hydrogens (tertiary/aromatic N) is 1. The first-order chi connectivity index (χ1) is 15.3. The molecule has 0 bridgehead atoms. The summed E-state index contributed by atoms with van der Waals surface area (Å²) in [6.07, 6.45) is 3.33. The van der Waals surface area contributed by atoms with Crippen molar-refractivity contribution in [1.29, 1.82) is 0 Å². The quantitative estimate of drug-likeness (QED) is 0.402. The molecule has 1 atom stereocenters. The summed E-state index contributed by atoms with van der Waals surface area (Å²) in [6, 6.07) is 27.0. The molecule has 0 N–H and O–H groups in total. The Kier molecular flexibility index (Phi) is 5.55. The molecule has 4 aromatic rings. The molecular formula is C27H25NO3. The molecule has 0 radical (unpaired) electrons. The summed E-state index contributed by atoms with van der Waals surface area (Å²) in [4.78, 5) is 15.5. The van der Waals surface area contributed by atoms with Crippen molar-refractivity contribution in [3.63, 3.8) is 0 Å². The second-order valence-electron chi connectivity index (χ2n) is 7.95. The highest BCUT2D eigenvalue weighted by atomic mass is 16.5. The van der Waals surface area contributed by atoms with E-state index in [2.05, 4.69) is 17.0 Å². The van der Waals surface area contributed by atoms with Gasteiger partial charge in [-0.25, -0.2) is 0 Å². The van der Waals surface area contributed by atoms with E-state index in [9.17, 15) is 4.79 Å². The van der Waals surface area contributed by atoms with Crippen LogP contribution in [0.25, 0.3) is 22.3 Å². The Morgan fingerprint density at radius 1 is 0.806 bits per heavy atom. The lowest BCUT2D eigenvalue weighted by molar-refractivity contribution is 0.0115. The standard InChI is InChI=1S/C27H25NO3/c29-22-19-25(20-11-4-1-5-12-20)30-23-15-10-16-24(26(22)23)31-27(21-13-6-2-7-14-21)28-17-8-3-9-18-28/h1-2,4-7,10-16,19,27H,3,8-9,17-18H2. The highest BCUT2D eigenvalue weighted by Gasteiger charge is 2.25. The minimum atomic E-state index is -0.236. The van der Waals surface area contributed by atoms with Gasteiger partial charge in [-0.05, 0) is 25.0 Å². The summed E-state index contributed by atoms with van der Waals surface area (Å²) in [5.74, 6) is 1.12. The van der Waals surface area contributed by atoms with Crippen LogP contribution in [-0.2, 0) is 0 Å². The van der Waals surface area contributed by atoms with Crippen LogP contribution in [0, 0.1) is 0 Å². The van der Waals surface area contributed by atoms with E-state index in [1.54, 1.807) is 6.07 Å². The normalized spacial score (nSPS) is 15.6. The molecule has 1 unspecified atom stereocenters. The van der Waals surface area contributed by atoms with Gasteiger partial charge in [-0.15, -0.1) is 0 Å². The number of benzene rings is 3. The molecule has 1 aliphatic rings. The van der Waals surface area contributed by atoms with Gasteiger partial charge in [0.05, 0.1) is 0 Å². The van der Waals surface area contributed by atoms with Gasteiger partial charge in [0.25, 0.3) is 0 Å². The molecule has 4 nitrogen and oxygen atoms in total. The van der Waals surface area contributed by atoms with Crippen LogP contribution in [0.4, 0.5) is 0 Å². The third-order valence-corrected chi connectivity index (χ3v) is 5.82. The monoisotopic (exact) mass is 411 g/mol. The highest BCUT2D eigenvalue weighted by molar-refractivity contribution is 5.84. The van der Waals surface area contributed by atoms with E-state index in [4.69, 9.17) is 9.15 Å². The molecule has 0 spiro atoms. The smallest absolute Gasteiger partial charge is 0.197 e. The molecule has 0 saturated carbocycles. The van der Waals surface area contributed by atoms with Gasteiger partial charge in [0.2, 0.25) is 0 Å². The summed E-state index contributed by atoms with van der Waals surface area (Å²) < 4.78 is 12.7. The lowest BCUT2D eigenvalue weighted by Gasteiger charge is -2.34. The number of likely N-dealkylation sites (tertiary alicyclic amines) is 1. The predicted molar refractivity (Wildman–Crippen MR) is 123 cm³/mol. The minimum Gasteiger partial charge on any atom is -0.470 e. The van der Waals surface area contributed by atoms with Crippen molar-refractivity contribution in [1.82, 2.24) is 4.90 Å². The topological polar surface area (TPSA) is 42.7 Å². The molecule has 1 fully saturated rings. The van der Waals surface area contributed by atoms with Crippen LogP contribution < -0.4 is 10.2 Å². The number of hydrogen-bond donors (Lipinski definition) is 0. The van der Waals surface area contributed by atoms with Crippen LogP contribution >= 0.6 is 0 Å². The molecule has 5 rings (SSSR count). The first-order valence-electron chi connectivity index (χ1n) is 10.9. The average Bonchev–Trinajstić information content (AvgIpc) is 2.84. The van der Waals surface area contributed by atoms with Crippen LogP contribution in [0.15, 0.2) is 94.1 Å². The van der Waals surface area contributed by atoms with Crippen LogP contribution in [0.2, 0.25) is 0 Å². The van der Waals surface area contributed by atoms with Crippen LogP contribution in [0.3, 0.4) is 0 Å². The van der Waals surface area contributed by atoms with Crippen molar-refractivity contribution in [2.75, 3.05) is 13.1 Å². The Morgan fingerprint density at radius 2 is 1.52 bits per heavy atom. The maximum absolute atomic E-state index is 13.1. The zero-order valence-electron chi connectivity index (χ0n) is 17.4. The first-order valence-corrected chi connectivity index (χ1v) is 10.9. The van der Waals surface area contributed by atoms with Crippen LogP contribution in [-0.4, -0.2) is 18.0 Å². The lowest BCUT2D eigenvalue weighted by atomic mass is 10.1. The molecule has 1 aromatic heterocycles. The van der Waals surface area contributed by atoms with E-state index in [0.717, 1.165) is 37.1 Å². The number of hydrogen-bond acceptors (Lipinski definition) is 4. The molecule has 0 amide bonds. The minimum absolute atomic E-state index is 0.0961. The fraction of sp³-hybridized carbons (Fsp3) is 0.222. The molecule has 0 aliphatic carbocycles. The maximum atomic E-state index is 13.1. The van der Waals surface area contributed by atoms with Gasteiger partial charge < -0.3 is 9.15 Å². The molecule has 1 saturated heterocycles. The van der Waals surface area contributed by atoms with Gasteiger partial charge >= 0.3 is 0 Å². The van der Waals surface area contributed by atoms with Gasteiger partial charge in [0, 0.05) is 30.3 Å². The van der Waals surface area contributed by atoms with Crippen molar-refractivity contribution in [3.8, 4) is 17.1 Å².